The van der Waals surface area contributed by atoms with Crippen LogP contribution in [0.4, 0.5) is 0 Å². The van der Waals surface area contributed by atoms with Gasteiger partial charge in [0.15, 0.2) is 0 Å². The molecule has 106 valence electrons. The van der Waals surface area contributed by atoms with Gasteiger partial charge in [0.1, 0.15) is 0 Å². The van der Waals surface area contributed by atoms with E-state index in [2.05, 4.69) is 10.3 Å². The Kier molecular flexibility index (Phi) is 5.30. The second-order valence-corrected chi connectivity index (χ2v) is 5.43. The zero-order valence-electron chi connectivity index (χ0n) is 11.9. The Hall–Kier alpha value is -1.62. The first-order chi connectivity index (χ1) is 8.83. The fourth-order valence-corrected chi connectivity index (χ4v) is 1.47. The quantitative estimate of drug-likeness (QED) is 0.790. The molecule has 0 atom stereocenters. The number of nitrogens with zero attached hydrogens (tertiary/aromatic N) is 1. The molecule has 0 fully saturated rings. The zero-order valence-corrected chi connectivity index (χ0v) is 11.9. The molecule has 19 heavy (non-hydrogen) atoms. The monoisotopic (exact) mass is 266 g/mol. The first kappa shape index (κ1) is 15.4. The maximum Gasteiger partial charge on any atom is 0.310 e. The van der Waals surface area contributed by atoms with E-state index >= 15 is 0 Å². The molecular formula is C14H22N2O3. The molecule has 5 heteroatoms. The van der Waals surface area contributed by atoms with Crippen molar-refractivity contribution in [3.05, 3.63) is 23.9 Å². The van der Waals surface area contributed by atoms with Crippen LogP contribution in [0.25, 0.3) is 0 Å². The third-order valence-corrected chi connectivity index (χ3v) is 2.66. The van der Waals surface area contributed by atoms with Gasteiger partial charge >= 0.3 is 5.97 Å². The van der Waals surface area contributed by atoms with Crippen molar-refractivity contribution in [1.82, 2.24) is 10.3 Å². The van der Waals surface area contributed by atoms with Crippen molar-refractivity contribution < 1.29 is 14.6 Å². The van der Waals surface area contributed by atoms with Gasteiger partial charge in [0.05, 0.1) is 11.5 Å². The molecule has 1 heterocycles. The van der Waals surface area contributed by atoms with E-state index in [0.717, 1.165) is 5.56 Å². The second kappa shape index (κ2) is 6.52. The molecule has 0 saturated heterocycles. The van der Waals surface area contributed by atoms with E-state index in [4.69, 9.17) is 9.84 Å². The lowest BCUT2D eigenvalue weighted by Crippen LogP contribution is -2.35. The van der Waals surface area contributed by atoms with E-state index in [0.29, 0.717) is 19.0 Å². The molecule has 0 aromatic carbocycles. The number of ether oxygens (including phenoxy) is 1. The molecule has 0 saturated carbocycles. The number of nitrogens with one attached hydrogen (secondary N) is 1. The lowest BCUT2D eigenvalue weighted by atomic mass is 9.94. The smallest absolute Gasteiger partial charge is 0.310 e. The molecule has 0 amide bonds. The van der Waals surface area contributed by atoms with Gasteiger partial charge in [-0.1, -0.05) is 6.07 Å². The van der Waals surface area contributed by atoms with Crippen molar-refractivity contribution >= 4 is 5.97 Å². The Balaban J connectivity index is 2.61. The largest absolute Gasteiger partial charge is 0.481 e. The standard InChI is InChI=1S/C14H22N2O3/c1-10(2)19-12-11(6-5-7-16-12)8-15-9-14(3,4)13(17)18/h5-7,10,15H,8-9H2,1-4H3,(H,17,18). The number of aromatic nitrogens is 1. The Morgan fingerprint density at radius 2 is 2.21 bits per heavy atom. The number of pyridine rings is 1. The van der Waals surface area contributed by atoms with Crippen LogP contribution in [0, 0.1) is 5.41 Å². The third-order valence-electron chi connectivity index (χ3n) is 2.66. The van der Waals surface area contributed by atoms with Crippen LogP contribution >= 0.6 is 0 Å². The molecular weight excluding hydrogens is 244 g/mol. The van der Waals surface area contributed by atoms with Gasteiger partial charge in [-0.05, 0) is 33.8 Å². The number of carbonyl (C=O) groups is 1. The first-order valence-corrected chi connectivity index (χ1v) is 6.37. The normalized spacial score (nSPS) is 11.6. The molecule has 0 bridgehead atoms. The van der Waals surface area contributed by atoms with Gasteiger partial charge in [0.25, 0.3) is 0 Å². The molecule has 1 rings (SSSR count). The van der Waals surface area contributed by atoms with E-state index in [1.54, 1.807) is 20.0 Å². The maximum absolute atomic E-state index is 11.0. The minimum absolute atomic E-state index is 0.0594. The number of rotatable bonds is 7. The van der Waals surface area contributed by atoms with E-state index in [1.807, 2.05) is 26.0 Å². The summed E-state index contributed by atoms with van der Waals surface area (Å²) in [4.78, 5) is 15.2. The summed E-state index contributed by atoms with van der Waals surface area (Å²) in [6, 6.07) is 3.76. The van der Waals surface area contributed by atoms with Crippen molar-refractivity contribution in [1.29, 1.82) is 0 Å². The van der Waals surface area contributed by atoms with Crippen molar-refractivity contribution in [2.75, 3.05) is 6.54 Å². The van der Waals surface area contributed by atoms with Crippen LogP contribution in [0.15, 0.2) is 18.3 Å². The zero-order chi connectivity index (χ0) is 14.5. The number of hydrogen-bond donors (Lipinski definition) is 2. The van der Waals surface area contributed by atoms with Crippen LogP contribution in [-0.4, -0.2) is 28.7 Å². The van der Waals surface area contributed by atoms with Crippen LogP contribution in [0.3, 0.4) is 0 Å². The van der Waals surface area contributed by atoms with Crippen molar-refractivity contribution in [3.63, 3.8) is 0 Å². The maximum atomic E-state index is 11.0. The average Bonchev–Trinajstić information content (AvgIpc) is 2.30. The van der Waals surface area contributed by atoms with Crippen molar-refractivity contribution in [3.8, 4) is 5.88 Å². The highest BCUT2D eigenvalue weighted by molar-refractivity contribution is 5.73. The molecule has 5 nitrogen and oxygen atoms in total. The summed E-state index contributed by atoms with van der Waals surface area (Å²) in [5.74, 6) is -0.219. The van der Waals surface area contributed by atoms with Gasteiger partial charge in [0.2, 0.25) is 5.88 Å². The highest BCUT2D eigenvalue weighted by atomic mass is 16.5. The SMILES string of the molecule is CC(C)Oc1ncccc1CNCC(C)(C)C(=O)O. The Morgan fingerprint density at radius 1 is 1.53 bits per heavy atom. The lowest BCUT2D eigenvalue weighted by molar-refractivity contribution is -0.146. The summed E-state index contributed by atoms with van der Waals surface area (Å²) in [7, 11) is 0. The van der Waals surface area contributed by atoms with Crippen LogP contribution in [-0.2, 0) is 11.3 Å². The molecule has 1 aromatic rings. The van der Waals surface area contributed by atoms with Crippen molar-refractivity contribution in [2.45, 2.75) is 40.3 Å². The van der Waals surface area contributed by atoms with Crippen LogP contribution in [0.5, 0.6) is 5.88 Å². The Bertz CT molecular complexity index is 430. The topological polar surface area (TPSA) is 71.5 Å². The fourth-order valence-electron chi connectivity index (χ4n) is 1.47. The first-order valence-electron chi connectivity index (χ1n) is 6.37. The van der Waals surface area contributed by atoms with Gasteiger partial charge in [-0.3, -0.25) is 4.79 Å². The Labute approximate surface area is 114 Å². The van der Waals surface area contributed by atoms with Gasteiger partial charge in [-0.25, -0.2) is 4.98 Å². The van der Waals surface area contributed by atoms with E-state index in [1.165, 1.54) is 0 Å². The summed E-state index contributed by atoms with van der Waals surface area (Å²) in [5.41, 5.74) is 0.138. The van der Waals surface area contributed by atoms with Gasteiger partial charge in [0, 0.05) is 24.8 Å². The van der Waals surface area contributed by atoms with Crippen LogP contribution in [0.2, 0.25) is 0 Å². The molecule has 0 aliphatic carbocycles. The lowest BCUT2D eigenvalue weighted by Gasteiger charge is -2.20. The fraction of sp³-hybridized carbons (Fsp3) is 0.571. The van der Waals surface area contributed by atoms with Crippen LogP contribution in [0.1, 0.15) is 33.3 Å². The van der Waals surface area contributed by atoms with Crippen LogP contribution < -0.4 is 10.1 Å². The van der Waals surface area contributed by atoms with Gasteiger partial charge in [-0.2, -0.15) is 0 Å². The number of carboxylic acids is 1. The molecule has 0 aliphatic rings. The highest BCUT2D eigenvalue weighted by Gasteiger charge is 2.26. The molecule has 0 spiro atoms. The average molecular weight is 266 g/mol. The van der Waals surface area contributed by atoms with E-state index in [9.17, 15) is 4.79 Å². The van der Waals surface area contributed by atoms with E-state index < -0.39 is 11.4 Å². The van der Waals surface area contributed by atoms with Gasteiger partial charge in [-0.15, -0.1) is 0 Å². The number of hydrogen-bond acceptors (Lipinski definition) is 4. The number of carboxylic acid groups (broad SMARTS) is 1. The number of aliphatic carboxylic acids is 1. The predicted octanol–water partition coefficient (Wildman–Crippen LogP) is 2.07. The minimum Gasteiger partial charge on any atom is -0.481 e. The highest BCUT2D eigenvalue weighted by Crippen LogP contribution is 2.17. The third kappa shape index (κ3) is 4.87. The summed E-state index contributed by atoms with van der Waals surface area (Å²) < 4.78 is 5.61. The second-order valence-electron chi connectivity index (χ2n) is 5.43. The summed E-state index contributed by atoms with van der Waals surface area (Å²) >= 11 is 0. The molecule has 0 radical (unpaired) electrons. The van der Waals surface area contributed by atoms with Crippen molar-refractivity contribution in [2.24, 2.45) is 5.41 Å². The molecule has 2 N–H and O–H groups in total. The molecule has 0 unspecified atom stereocenters. The molecule has 0 aliphatic heterocycles. The summed E-state index contributed by atoms with van der Waals surface area (Å²) in [6.45, 7) is 8.19. The van der Waals surface area contributed by atoms with Gasteiger partial charge < -0.3 is 15.2 Å². The minimum atomic E-state index is -0.815. The summed E-state index contributed by atoms with van der Waals surface area (Å²) in [5, 5.41) is 12.2. The van der Waals surface area contributed by atoms with E-state index in [-0.39, 0.29) is 6.10 Å². The Morgan fingerprint density at radius 3 is 2.79 bits per heavy atom. The predicted molar refractivity (Wildman–Crippen MR) is 73.1 cm³/mol. The molecule has 1 aromatic heterocycles. The summed E-state index contributed by atoms with van der Waals surface area (Å²) in [6.07, 6.45) is 1.74.